The summed E-state index contributed by atoms with van der Waals surface area (Å²) in [5.41, 5.74) is 1.24. The van der Waals surface area contributed by atoms with E-state index in [-0.39, 0.29) is 11.9 Å². The Bertz CT molecular complexity index is 627. The first kappa shape index (κ1) is 14.9. The zero-order valence-electron chi connectivity index (χ0n) is 11.0. The molecule has 106 valence electrons. The Balaban J connectivity index is 2.22. The maximum atomic E-state index is 11.6. The molecular weight excluding hydrogens is 344 g/mol. The molecule has 0 radical (unpaired) electrons. The number of amides is 1. The standard InChI is InChI=1S/C14H14BrClN2O2/c1-8(12-5-6-13(15)20-12)18-11-7-9(14(19)17-2)3-4-10(11)16/h3-8,18H,1-2H3,(H,17,19). The Kier molecular flexibility index (Phi) is 4.73. The number of hydrogen-bond donors (Lipinski definition) is 2. The molecule has 0 aliphatic carbocycles. The topological polar surface area (TPSA) is 54.3 Å². The van der Waals surface area contributed by atoms with Crippen molar-refractivity contribution >= 4 is 39.1 Å². The van der Waals surface area contributed by atoms with Crippen molar-refractivity contribution in [2.45, 2.75) is 13.0 Å². The zero-order valence-corrected chi connectivity index (χ0v) is 13.4. The molecule has 1 aromatic heterocycles. The van der Waals surface area contributed by atoms with Crippen molar-refractivity contribution in [3.8, 4) is 0 Å². The summed E-state index contributed by atoms with van der Waals surface area (Å²) in [6.45, 7) is 1.95. The second-order valence-electron chi connectivity index (χ2n) is 4.28. The molecule has 0 saturated carbocycles. The summed E-state index contributed by atoms with van der Waals surface area (Å²) in [5, 5.41) is 6.37. The van der Waals surface area contributed by atoms with Crippen LogP contribution in [-0.2, 0) is 0 Å². The third-order valence-corrected chi connectivity index (χ3v) is 3.60. The molecule has 2 aromatic rings. The molecule has 2 N–H and O–H groups in total. The summed E-state index contributed by atoms with van der Waals surface area (Å²) in [6.07, 6.45) is 0. The van der Waals surface area contributed by atoms with Gasteiger partial charge in [0.2, 0.25) is 0 Å². The number of carbonyl (C=O) groups is 1. The van der Waals surface area contributed by atoms with Crippen LogP contribution in [0.4, 0.5) is 5.69 Å². The van der Waals surface area contributed by atoms with E-state index in [0.29, 0.717) is 20.9 Å². The summed E-state index contributed by atoms with van der Waals surface area (Å²) in [6, 6.07) is 8.72. The maximum Gasteiger partial charge on any atom is 0.251 e. The molecule has 0 spiro atoms. The van der Waals surface area contributed by atoms with E-state index >= 15 is 0 Å². The van der Waals surface area contributed by atoms with Gasteiger partial charge < -0.3 is 15.1 Å². The molecule has 4 nitrogen and oxygen atoms in total. The van der Waals surface area contributed by atoms with Gasteiger partial charge >= 0.3 is 0 Å². The first-order valence-electron chi connectivity index (χ1n) is 6.04. The Morgan fingerprint density at radius 1 is 1.35 bits per heavy atom. The van der Waals surface area contributed by atoms with Crippen molar-refractivity contribution < 1.29 is 9.21 Å². The SMILES string of the molecule is CNC(=O)c1ccc(Cl)c(NC(C)c2ccc(Br)o2)c1. The molecule has 1 aromatic carbocycles. The second-order valence-corrected chi connectivity index (χ2v) is 5.47. The highest BCUT2D eigenvalue weighted by Crippen LogP contribution is 2.28. The highest BCUT2D eigenvalue weighted by atomic mass is 79.9. The van der Waals surface area contributed by atoms with E-state index < -0.39 is 0 Å². The van der Waals surface area contributed by atoms with Crippen LogP contribution in [0.15, 0.2) is 39.4 Å². The predicted octanol–water partition coefficient (Wildman–Crippen LogP) is 4.23. The van der Waals surface area contributed by atoms with Crippen LogP contribution in [0.3, 0.4) is 0 Å². The molecule has 1 atom stereocenters. The first-order chi connectivity index (χ1) is 9.51. The Hall–Kier alpha value is -1.46. The quantitative estimate of drug-likeness (QED) is 0.861. The van der Waals surface area contributed by atoms with Crippen molar-refractivity contribution in [3.05, 3.63) is 51.3 Å². The van der Waals surface area contributed by atoms with Crippen molar-refractivity contribution in [3.63, 3.8) is 0 Å². The average molecular weight is 358 g/mol. The van der Waals surface area contributed by atoms with Gasteiger partial charge in [0.15, 0.2) is 4.67 Å². The van der Waals surface area contributed by atoms with E-state index in [9.17, 15) is 4.79 Å². The van der Waals surface area contributed by atoms with Gasteiger partial charge in [-0.15, -0.1) is 0 Å². The highest BCUT2D eigenvalue weighted by molar-refractivity contribution is 9.10. The highest BCUT2D eigenvalue weighted by Gasteiger charge is 2.13. The van der Waals surface area contributed by atoms with Crippen LogP contribution in [0.25, 0.3) is 0 Å². The van der Waals surface area contributed by atoms with Crippen LogP contribution >= 0.6 is 27.5 Å². The van der Waals surface area contributed by atoms with Gasteiger partial charge in [-0.25, -0.2) is 0 Å². The van der Waals surface area contributed by atoms with Crippen LogP contribution < -0.4 is 10.6 Å². The molecular formula is C14H14BrClN2O2. The number of carbonyl (C=O) groups excluding carboxylic acids is 1. The van der Waals surface area contributed by atoms with Crippen LogP contribution in [0.5, 0.6) is 0 Å². The average Bonchev–Trinajstić information content (AvgIpc) is 2.87. The zero-order chi connectivity index (χ0) is 14.7. The molecule has 0 aliphatic heterocycles. The lowest BCUT2D eigenvalue weighted by Crippen LogP contribution is -2.18. The van der Waals surface area contributed by atoms with Gasteiger partial charge in [-0.2, -0.15) is 0 Å². The van der Waals surface area contributed by atoms with E-state index in [4.69, 9.17) is 16.0 Å². The lowest BCUT2D eigenvalue weighted by molar-refractivity contribution is 0.0963. The van der Waals surface area contributed by atoms with E-state index in [2.05, 4.69) is 26.6 Å². The molecule has 1 unspecified atom stereocenters. The third kappa shape index (κ3) is 3.35. The van der Waals surface area contributed by atoms with Gasteiger partial charge in [-0.1, -0.05) is 11.6 Å². The molecule has 1 heterocycles. The molecule has 2 rings (SSSR count). The summed E-state index contributed by atoms with van der Waals surface area (Å²) in [7, 11) is 1.59. The third-order valence-electron chi connectivity index (χ3n) is 2.85. The van der Waals surface area contributed by atoms with E-state index in [1.165, 1.54) is 0 Å². The van der Waals surface area contributed by atoms with Crippen LogP contribution in [0, 0.1) is 0 Å². The molecule has 0 bridgehead atoms. The van der Waals surface area contributed by atoms with Crippen molar-refractivity contribution in [1.82, 2.24) is 5.32 Å². The number of rotatable bonds is 4. The fraction of sp³-hybridized carbons (Fsp3) is 0.214. The van der Waals surface area contributed by atoms with Gasteiger partial charge in [0.1, 0.15) is 5.76 Å². The number of benzene rings is 1. The molecule has 0 saturated heterocycles. The summed E-state index contributed by atoms with van der Waals surface area (Å²) in [4.78, 5) is 11.6. The van der Waals surface area contributed by atoms with E-state index in [1.54, 1.807) is 25.2 Å². The number of hydrogen-bond acceptors (Lipinski definition) is 3. The lowest BCUT2D eigenvalue weighted by Gasteiger charge is -2.15. The number of furan rings is 1. The summed E-state index contributed by atoms with van der Waals surface area (Å²) < 4.78 is 6.16. The van der Waals surface area contributed by atoms with E-state index in [1.807, 2.05) is 19.1 Å². The smallest absolute Gasteiger partial charge is 0.251 e. The lowest BCUT2D eigenvalue weighted by atomic mass is 10.1. The minimum Gasteiger partial charge on any atom is -0.452 e. The van der Waals surface area contributed by atoms with Gasteiger partial charge in [-0.05, 0) is 53.2 Å². The van der Waals surface area contributed by atoms with Crippen molar-refractivity contribution in [2.24, 2.45) is 0 Å². The summed E-state index contributed by atoms with van der Waals surface area (Å²) >= 11 is 9.41. The largest absolute Gasteiger partial charge is 0.452 e. The fourth-order valence-electron chi connectivity index (χ4n) is 1.79. The predicted molar refractivity (Wildman–Crippen MR) is 83.3 cm³/mol. The molecule has 0 aliphatic rings. The van der Waals surface area contributed by atoms with Gasteiger partial charge in [-0.3, -0.25) is 4.79 Å². The van der Waals surface area contributed by atoms with Crippen LogP contribution in [0.2, 0.25) is 5.02 Å². The van der Waals surface area contributed by atoms with Crippen LogP contribution in [-0.4, -0.2) is 13.0 Å². The monoisotopic (exact) mass is 356 g/mol. The van der Waals surface area contributed by atoms with Crippen LogP contribution in [0.1, 0.15) is 29.1 Å². The Morgan fingerprint density at radius 3 is 2.70 bits per heavy atom. The number of halogens is 2. The molecule has 1 amide bonds. The Labute approximate surface area is 130 Å². The molecule has 20 heavy (non-hydrogen) atoms. The molecule has 6 heteroatoms. The van der Waals surface area contributed by atoms with E-state index in [0.717, 1.165) is 5.76 Å². The normalized spacial score (nSPS) is 12.0. The number of anilines is 1. The van der Waals surface area contributed by atoms with Gasteiger partial charge in [0.05, 0.1) is 16.8 Å². The number of nitrogens with one attached hydrogen (secondary N) is 2. The summed E-state index contributed by atoms with van der Waals surface area (Å²) in [5.74, 6) is 0.622. The minimum atomic E-state index is -0.155. The second kappa shape index (κ2) is 6.33. The van der Waals surface area contributed by atoms with Crippen molar-refractivity contribution in [2.75, 3.05) is 12.4 Å². The maximum absolute atomic E-state index is 11.6. The molecule has 0 fully saturated rings. The van der Waals surface area contributed by atoms with Crippen molar-refractivity contribution in [1.29, 1.82) is 0 Å². The van der Waals surface area contributed by atoms with Gasteiger partial charge in [0, 0.05) is 12.6 Å². The first-order valence-corrected chi connectivity index (χ1v) is 7.21. The van der Waals surface area contributed by atoms with Gasteiger partial charge in [0.25, 0.3) is 5.91 Å². The Morgan fingerprint density at radius 2 is 2.10 bits per heavy atom. The minimum absolute atomic E-state index is 0.0706. The fourth-order valence-corrected chi connectivity index (χ4v) is 2.28.